The second-order valence-corrected chi connectivity index (χ2v) is 12.0. The molecule has 0 aromatic heterocycles. The first kappa shape index (κ1) is 29.5. The lowest BCUT2D eigenvalue weighted by atomic mass is 10.0. The molecule has 1 heterocycles. The predicted molar refractivity (Wildman–Crippen MR) is 154 cm³/mol. The molecule has 9 nitrogen and oxygen atoms in total. The lowest BCUT2D eigenvalue weighted by Crippen LogP contribution is -2.53. The van der Waals surface area contributed by atoms with E-state index in [1.54, 1.807) is 30.3 Å². The Labute approximate surface area is 243 Å². The third-order valence-corrected chi connectivity index (χ3v) is 8.98. The summed E-state index contributed by atoms with van der Waals surface area (Å²) in [4.78, 5) is 28.6. The fraction of sp³-hybridized carbons (Fsp3) is 0.286. The zero-order valence-electron chi connectivity index (χ0n) is 22.0. The topological polar surface area (TPSA) is 105 Å². The van der Waals surface area contributed by atoms with Gasteiger partial charge in [0.25, 0.3) is 0 Å². The number of fused-ring (bicyclic) bond motifs is 1. The predicted octanol–water partition coefficient (Wildman–Crippen LogP) is 4.26. The van der Waals surface area contributed by atoms with E-state index in [0.29, 0.717) is 27.1 Å². The van der Waals surface area contributed by atoms with Crippen LogP contribution >= 0.6 is 23.2 Å². The molecule has 4 rings (SSSR count). The molecule has 40 heavy (non-hydrogen) atoms. The van der Waals surface area contributed by atoms with Gasteiger partial charge < -0.3 is 19.7 Å². The highest BCUT2D eigenvalue weighted by Crippen LogP contribution is 2.36. The summed E-state index contributed by atoms with van der Waals surface area (Å²) in [5.74, 6) is -0.452. The van der Waals surface area contributed by atoms with E-state index in [0.717, 1.165) is 9.87 Å². The summed E-state index contributed by atoms with van der Waals surface area (Å²) >= 11 is 12.9. The van der Waals surface area contributed by atoms with E-state index in [1.165, 1.54) is 24.9 Å². The van der Waals surface area contributed by atoms with Crippen LogP contribution in [-0.2, 0) is 32.6 Å². The first-order chi connectivity index (χ1) is 19.1. The molecule has 0 saturated carbocycles. The van der Waals surface area contributed by atoms with Gasteiger partial charge in [-0.05, 0) is 36.8 Å². The molecular formula is C28H29Cl2N3O6S. The molecule has 1 N–H and O–H groups in total. The molecule has 0 radical (unpaired) electrons. The minimum Gasteiger partial charge on any atom is -0.454 e. The molecule has 0 saturated heterocycles. The van der Waals surface area contributed by atoms with Crippen LogP contribution in [0.4, 0.5) is 5.69 Å². The average molecular weight is 607 g/mol. The maximum absolute atomic E-state index is 14.1. The molecule has 0 bridgehead atoms. The molecule has 0 aliphatic carbocycles. The quantitative estimate of drug-likeness (QED) is 0.350. The molecule has 3 aromatic carbocycles. The molecular weight excluding hydrogens is 577 g/mol. The van der Waals surface area contributed by atoms with Gasteiger partial charge in [-0.1, -0.05) is 59.6 Å². The van der Waals surface area contributed by atoms with Crippen molar-refractivity contribution in [1.82, 2.24) is 10.2 Å². The fourth-order valence-electron chi connectivity index (χ4n) is 4.33. The number of rotatable bonds is 11. The number of likely N-dealkylation sites (N-methyl/N-ethyl adjacent to an activating group) is 1. The Balaban J connectivity index is 1.76. The Hall–Kier alpha value is -3.47. The third-order valence-electron chi connectivity index (χ3n) is 6.53. The van der Waals surface area contributed by atoms with Crippen molar-refractivity contribution < 1.29 is 27.5 Å². The molecule has 2 amide bonds. The standard InChI is InChI=1S/C28H29Cl2N3O6S/c1-3-40(36,37)33(20-12-13-25-26(15-20)39-18-38-25)17-27(34)32(16-21-22(29)10-7-11-23(21)30)24(28(35)31-2)14-19-8-5-4-6-9-19/h4-13,15,24H,3,14,16-18H2,1-2H3,(H,31,35)/t24-/m0/s1. The number of anilines is 1. The van der Waals surface area contributed by atoms with Gasteiger partial charge in [0.2, 0.25) is 28.6 Å². The van der Waals surface area contributed by atoms with Crippen molar-refractivity contribution in [2.45, 2.75) is 25.9 Å². The molecule has 1 atom stereocenters. The summed E-state index contributed by atoms with van der Waals surface area (Å²) in [6, 6.07) is 17.8. The van der Waals surface area contributed by atoms with Crippen LogP contribution in [-0.4, -0.2) is 57.3 Å². The average Bonchev–Trinajstić information content (AvgIpc) is 3.43. The Morgan fingerprint density at radius 3 is 2.30 bits per heavy atom. The Kier molecular flexibility index (Phi) is 9.44. The van der Waals surface area contributed by atoms with Gasteiger partial charge >= 0.3 is 0 Å². The van der Waals surface area contributed by atoms with E-state index in [2.05, 4.69) is 5.32 Å². The first-order valence-corrected chi connectivity index (χ1v) is 14.9. The van der Waals surface area contributed by atoms with Gasteiger partial charge in [0.1, 0.15) is 12.6 Å². The van der Waals surface area contributed by atoms with E-state index in [1.807, 2.05) is 30.3 Å². The van der Waals surface area contributed by atoms with Crippen molar-refractivity contribution >= 4 is 50.7 Å². The number of amides is 2. The van der Waals surface area contributed by atoms with E-state index in [4.69, 9.17) is 32.7 Å². The Morgan fingerprint density at radius 2 is 1.65 bits per heavy atom. The van der Waals surface area contributed by atoms with Gasteiger partial charge in [0.05, 0.1) is 11.4 Å². The minimum absolute atomic E-state index is 0.0118. The van der Waals surface area contributed by atoms with Crippen molar-refractivity contribution in [2.24, 2.45) is 0 Å². The van der Waals surface area contributed by atoms with Crippen LogP contribution in [0.2, 0.25) is 10.0 Å². The number of halogens is 2. The van der Waals surface area contributed by atoms with Gasteiger partial charge in [-0.3, -0.25) is 13.9 Å². The van der Waals surface area contributed by atoms with Gasteiger partial charge in [0, 0.05) is 41.7 Å². The smallest absolute Gasteiger partial charge is 0.244 e. The van der Waals surface area contributed by atoms with Crippen LogP contribution in [0.3, 0.4) is 0 Å². The highest BCUT2D eigenvalue weighted by molar-refractivity contribution is 7.92. The molecule has 212 valence electrons. The van der Waals surface area contributed by atoms with E-state index in [-0.39, 0.29) is 31.2 Å². The molecule has 12 heteroatoms. The lowest BCUT2D eigenvalue weighted by Gasteiger charge is -2.34. The van der Waals surface area contributed by atoms with Crippen LogP contribution in [0.25, 0.3) is 0 Å². The maximum atomic E-state index is 14.1. The number of benzene rings is 3. The number of nitrogens with zero attached hydrogens (tertiary/aromatic N) is 2. The van der Waals surface area contributed by atoms with Crippen molar-refractivity contribution in [1.29, 1.82) is 0 Å². The van der Waals surface area contributed by atoms with Crippen molar-refractivity contribution in [3.63, 3.8) is 0 Å². The van der Waals surface area contributed by atoms with Gasteiger partial charge in [-0.2, -0.15) is 0 Å². The van der Waals surface area contributed by atoms with Crippen LogP contribution in [0.5, 0.6) is 11.5 Å². The van der Waals surface area contributed by atoms with E-state index in [9.17, 15) is 18.0 Å². The maximum Gasteiger partial charge on any atom is 0.244 e. The second kappa shape index (κ2) is 12.8. The number of hydrogen-bond acceptors (Lipinski definition) is 6. The highest BCUT2D eigenvalue weighted by atomic mass is 35.5. The van der Waals surface area contributed by atoms with Crippen molar-refractivity contribution in [3.8, 4) is 11.5 Å². The number of carbonyl (C=O) groups is 2. The molecule has 0 spiro atoms. The van der Waals surface area contributed by atoms with Gasteiger partial charge in [-0.15, -0.1) is 0 Å². The van der Waals surface area contributed by atoms with E-state index >= 15 is 0 Å². The Morgan fingerprint density at radius 1 is 0.975 bits per heavy atom. The largest absolute Gasteiger partial charge is 0.454 e. The number of hydrogen-bond donors (Lipinski definition) is 1. The number of carbonyl (C=O) groups excluding carboxylic acids is 2. The summed E-state index contributed by atoms with van der Waals surface area (Å²) in [7, 11) is -2.44. The number of nitrogens with one attached hydrogen (secondary N) is 1. The SMILES string of the molecule is CCS(=O)(=O)N(CC(=O)N(Cc1c(Cl)cccc1Cl)[C@@H](Cc1ccccc1)C(=O)NC)c1ccc2c(c1)OCO2. The summed E-state index contributed by atoms with van der Waals surface area (Å²) in [6.07, 6.45) is 0.179. The summed E-state index contributed by atoms with van der Waals surface area (Å²) in [5.41, 5.74) is 1.48. The zero-order chi connectivity index (χ0) is 28.9. The van der Waals surface area contributed by atoms with Crippen LogP contribution in [0.1, 0.15) is 18.1 Å². The molecule has 1 aliphatic heterocycles. The molecule has 0 fully saturated rings. The summed E-state index contributed by atoms with van der Waals surface area (Å²) < 4.78 is 38.3. The summed E-state index contributed by atoms with van der Waals surface area (Å²) in [6.45, 7) is 0.811. The summed E-state index contributed by atoms with van der Waals surface area (Å²) in [5, 5.41) is 3.26. The van der Waals surface area contributed by atoms with E-state index < -0.39 is 34.4 Å². The molecule has 0 unspecified atom stereocenters. The first-order valence-electron chi connectivity index (χ1n) is 12.5. The Bertz CT molecular complexity index is 1470. The van der Waals surface area contributed by atoms with Crippen LogP contribution in [0.15, 0.2) is 66.7 Å². The van der Waals surface area contributed by atoms with Crippen molar-refractivity contribution in [2.75, 3.05) is 30.4 Å². The number of ether oxygens (including phenoxy) is 2. The normalized spacial score (nSPS) is 13.0. The van der Waals surface area contributed by atoms with Gasteiger partial charge in [0.15, 0.2) is 11.5 Å². The fourth-order valence-corrected chi connectivity index (χ4v) is 5.90. The zero-order valence-corrected chi connectivity index (χ0v) is 24.3. The van der Waals surface area contributed by atoms with Crippen molar-refractivity contribution in [3.05, 3.63) is 87.9 Å². The van der Waals surface area contributed by atoms with Crippen LogP contribution < -0.4 is 19.1 Å². The second-order valence-electron chi connectivity index (χ2n) is 8.99. The highest BCUT2D eigenvalue weighted by Gasteiger charge is 2.34. The molecule has 3 aromatic rings. The lowest BCUT2D eigenvalue weighted by molar-refractivity contribution is -0.139. The third kappa shape index (κ3) is 6.63. The molecule has 1 aliphatic rings. The van der Waals surface area contributed by atoms with Gasteiger partial charge in [-0.25, -0.2) is 8.42 Å². The van der Waals surface area contributed by atoms with Crippen LogP contribution in [0, 0.1) is 0 Å². The minimum atomic E-state index is -3.92. The monoisotopic (exact) mass is 605 g/mol. The number of sulfonamides is 1.